The standard InChI is InChI=1S/C16H12O5/c17-5-3-13(16(18)19)15-8-12(9-21-15)10-1-2-14-11(7-10)4-6-20-14/h1-2,4-9,13H,3H2,(H,18,19). The highest BCUT2D eigenvalue weighted by atomic mass is 16.4. The van der Waals surface area contributed by atoms with Crippen LogP contribution in [0.4, 0.5) is 0 Å². The molecule has 106 valence electrons. The van der Waals surface area contributed by atoms with Crippen LogP contribution in [0.3, 0.4) is 0 Å². The Morgan fingerprint density at radius 2 is 2.05 bits per heavy atom. The highest BCUT2D eigenvalue weighted by molar-refractivity contribution is 5.84. The summed E-state index contributed by atoms with van der Waals surface area (Å²) in [6.45, 7) is 0. The fraction of sp³-hybridized carbons (Fsp3) is 0.125. The van der Waals surface area contributed by atoms with Gasteiger partial charge in [0, 0.05) is 17.4 Å². The van der Waals surface area contributed by atoms with E-state index >= 15 is 0 Å². The lowest BCUT2D eigenvalue weighted by atomic mass is 10.0. The summed E-state index contributed by atoms with van der Waals surface area (Å²) < 4.78 is 10.6. The largest absolute Gasteiger partial charge is 0.481 e. The van der Waals surface area contributed by atoms with E-state index in [9.17, 15) is 9.59 Å². The number of hydrogen-bond acceptors (Lipinski definition) is 4. The van der Waals surface area contributed by atoms with E-state index in [1.165, 1.54) is 6.26 Å². The number of carboxylic acid groups (broad SMARTS) is 1. The number of benzene rings is 1. The number of carbonyl (C=O) groups is 2. The molecular formula is C16H12O5. The van der Waals surface area contributed by atoms with Crippen LogP contribution in [-0.2, 0) is 9.59 Å². The molecule has 0 aliphatic carbocycles. The summed E-state index contributed by atoms with van der Waals surface area (Å²) in [7, 11) is 0. The van der Waals surface area contributed by atoms with E-state index < -0.39 is 11.9 Å². The minimum absolute atomic E-state index is 0.108. The zero-order valence-electron chi connectivity index (χ0n) is 11.0. The number of carbonyl (C=O) groups excluding carboxylic acids is 1. The Labute approximate surface area is 119 Å². The van der Waals surface area contributed by atoms with Gasteiger partial charge in [0.2, 0.25) is 0 Å². The minimum Gasteiger partial charge on any atom is -0.481 e. The zero-order chi connectivity index (χ0) is 14.8. The number of rotatable bonds is 5. The summed E-state index contributed by atoms with van der Waals surface area (Å²) in [5.74, 6) is -1.75. The van der Waals surface area contributed by atoms with Crippen LogP contribution < -0.4 is 0 Å². The first-order valence-corrected chi connectivity index (χ1v) is 6.41. The fourth-order valence-corrected chi connectivity index (χ4v) is 2.27. The fourth-order valence-electron chi connectivity index (χ4n) is 2.27. The molecule has 1 N–H and O–H groups in total. The van der Waals surface area contributed by atoms with Crippen molar-refractivity contribution in [2.24, 2.45) is 0 Å². The second kappa shape index (κ2) is 5.28. The highest BCUT2D eigenvalue weighted by Gasteiger charge is 2.23. The van der Waals surface area contributed by atoms with Crippen molar-refractivity contribution in [3.05, 3.63) is 48.6 Å². The molecule has 0 bridgehead atoms. The molecular weight excluding hydrogens is 272 g/mol. The van der Waals surface area contributed by atoms with Crippen molar-refractivity contribution in [1.82, 2.24) is 0 Å². The van der Waals surface area contributed by atoms with Gasteiger partial charge in [-0.2, -0.15) is 0 Å². The van der Waals surface area contributed by atoms with E-state index in [0.29, 0.717) is 6.29 Å². The third-order valence-electron chi connectivity index (χ3n) is 3.38. The predicted octanol–water partition coefficient (Wildman–Crippen LogP) is 3.45. The summed E-state index contributed by atoms with van der Waals surface area (Å²) in [5, 5.41) is 10.1. The van der Waals surface area contributed by atoms with E-state index in [4.69, 9.17) is 13.9 Å². The van der Waals surface area contributed by atoms with Gasteiger partial charge in [0.25, 0.3) is 0 Å². The van der Waals surface area contributed by atoms with Gasteiger partial charge in [-0.3, -0.25) is 4.79 Å². The molecule has 0 saturated heterocycles. The molecule has 0 saturated carbocycles. The van der Waals surface area contributed by atoms with Crippen molar-refractivity contribution in [3.63, 3.8) is 0 Å². The molecule has 0 fully saturated rings. The van der Waals surface area contributed by atoms with Crippen LogP contribution in [-0.4, -0.2) is 17.4 Å². The van der Waals surface area contributed by atoms with E-state index in [1.807, 2.05) is 24.3 Å². The SMILES string of the molecule is O=CCC(C(=O)O)c1cc(-c2ccc3occc3c2)co1. The maximum Gasteiger partial charge on any atom is 0.314 e. The van der Waals surface area contributed by atoms with Gasteiger partial charge in [-0.05, 0) is 29.8 Å². The lowest BCUT2D eigenvalue weighted by Gasteiger charge is -2.03. The normalized spacial score (nSPS) is 12.4. The first-order chi connectivity index (χ1) is 10.2. The van der Waals surface area contributed by atoms with Crippen molar-refractivity contribution in [3.8, 4) is 11.1 Å². The third kappa shape index (κ3) is 2.45. The molecule has 1 unspecified atom stereocenters. The first kappa shape index (κ1) is 13.2. The second-order valence-corrected chi connectivity index (χ2v) is 4.70. The van der Waals surface area contributed by atoms with Gasteiger partial charge < -0.3 is 18.7 Å². The molecule has 1 aromatic carbocycles. The summed E-state index contributed by atoms with van der Waals surface area (Å²) in [6, 6.07) is 9.16. The van der Waals surface area contributed by atoms with E-state index in [1.54, 1.807) is 12.3 Å². The predicted molar refractivity (Wildman–Crippen MR) is 75.0 cm³/mol. The quantitative estimate of drug-likeness (QED) is 0.726. The molecule has 0 aliphatic heterocycles. The summed E-state index contributed by atoms with van der Waals surface area (Å²) >= 11 is 0. The maximum atomic E-state index is 11.1. The number of aldehydes is 1. The average Bonchev–Trinajstić information content (AvgIpc) is 3.12. The van der Waals surface area contributed by atoms with Crippen LogP contribution in [0, 0.1) is 0 Å². The summed E-state index contributed by atoms with van der Waals surface area (Å²) in [6.07, 6.45) is 3.58. The van der Waals surface area contributed by atoms with Crippen molar-refractivity contribution in [1.29, 1.82) is 0 Å². The van der Waals surface area contributed by atoms with Gasteiger partial charge in [0.05, 0.1) is 12.5 Å². The molecule has 0 spiro atoms. The Bertz CT molecular complexity index is 796. The van der Waals surface area contributed by atoms with E-state index in [0.717, 1.165) is 22.1 Å². The number of furan rings is 2. The van der Waals surface area contributed by atoms with Gasteiger partial charge in [-0.1, -0.05) is 6.07 Å². The van der Waals surface area contributed by atoms with Crippen molar-refractivity contribution in [2.45, 2.75) is 12.3 Å². The van der Waals surface area contributed by atoms with E-state index in [-0.39, 0.29) is 12.2 Å². The topological polar surface area (TPSA) is 80.7 Å². The van der Waals surface area contributed by atoms with Gasteiger partial charge in [0.15, 0.2) is 0 Å². The molecule has 5 heteroatoms. The number of fused-ring (bicyclic) bond motifs is 1. The molecule has 3 aromatic rings. The first-order valence-electron chi connectivity index (χ1n) is 6.41. The molecule has 0 aliphatic rings. The smallest absolute Gasteiger partial charge is 0.314 e. The van der Waals surface area contributed by atoms with Crippen LogP contribution in [0.15, 0.2) is 51.7 Å². The van der Waals surface area contributed by atoms with Gasteiger partial charge in [-0.25, -0.2) is 0 Å². The summed E-state index contributed by atoms with van der Waals surface area (Å²) in [5.41, 5.74) is 2.45. The average molecular weight is 284 g/mol. The second-order valence-electron chi connectivity index (χ2n) is 4.70. The van der Waals surface area contributed by atoms with Gasteiger partial charge in [-0.15, -0.1) is 0 Å². The van der Waals surface area contributed by atoms with Gasteiger partial charge >= 0.3 is 5.97 Å². The highest BCUT2D eigenvalue weighted by Crippen LogP contribution is 2.30. The molecule has 2 heterocycles. The number of carboxylic acids is 1. The van der Waals surface area contributed by atoms with Crippen LogP contribution in [0.2, 0.25) is 0 Å². The molecule has 3 rings (SSSR count). The number of hydrogen-bond donors (Lipinski definition) is 1. The minimum atomic E-state index is -1.08. The number of aliphatic carboxylic acids is 1. The molecule has 5 nitrogen and oxygen atoms in total. The van der Waals surface area contributed by atoms with Crippen LogP contribution in [0.5, 0.6) is 0 Å². The van der Waals surface area contributed by atoms with E-state index in [2.05, 4.69) is 0 Å². The van der Waals surface area contributed by atoms with Gasteiger partial charge in [0.1, 0.15) is 23.5 Å². The molecule has 1 atom stereocenters. The van der Waals surface area contributed by atoms with Crippen LogP contribution >= 0.6 is 0 Å². The maximum absolute atomic E-state index is 11.1. The zero-order valence-corrected chi connectivity index (χ0v) is 11.0. The summed E-state index contributed by atoms with van der Waals surface area (Å²) in [4.78, 5) is 21.7. The van der Waals surface area contributed by atoms with Crippen molar-refractivity contribution in [2.75, 3.05) is 0 Å². The van der Waals surface area contributed by atoms with Crippen LogP contribution in [0.25, 0.3) is 22.1 Å². The lowest BCUT2D eigenvalue weighted by Crippen LogP contribution is -2.11. The Morgan fingerprint density at radius 3 is 2.81 bits per heavy atom. The monoisotopic (exact) mass is 284 g/mol. The lowest BCUT2D eigenvalue weighted by molar-refractivity contribution is -0.140. The molecule has 21 heavy (non-hydrogen) atoms. The Hall–Kier alpha value is -2.82. The third-order valence-corrected chi connectivity index (χ3v) is 3.38. The molecule has 2 aromatic heterocycles. The Balaban J connectivity index is 1.96. The van der Waals surface area contributed by atoms with Crippen LogP contribution in [0.1, 0.15) is 18.1 Å². The molecule has 0 radical (unpaired) electrons. The Kier molecular flexibility index (Phi) is 3.31. The Morgan fingerprint density at radius 1 is 1.19 bits per heavy atom. The van der Waals surface area contributed by atoms with Crippen molar-refractivity contribution < 1.29 is 23.5 Å². The van der Waals surface area contributed by atoms with Crippen molar-refractivity contribution >= 4 is 23.2 Å². The molecule has 0 amide bonds.